The molecule has 0 bridgehead atoms. The van der Waals surface area contributed by atoms with Crippen LogP contribution < -0.4 is 0 Å². The van der Waals surface area contributed by atoms with Gasteiger partial charge in [0.1, 0.15) is 5.52 Å². The van der Waals surface area contributed by atoms with E-state index >= 15 is 0 Å². The van der Waals surface area contributed by atoms with E-state index in [4.69, 9.17) is 0 Å². The van der Waals surface area contributed by atoms with Gasteiger partial charge in [-0.25, -0.2) is 0 Å². The summed E-state index contributed by atoms with van der Waals surface area (Å²) in [6.45, 7) is 0. The van der Waals surface area contributed by atoms with Gasteiger partial charge in [-0.15, -0.1) is 0 Å². The van der Waals surface area contributed by atoms with Crippen LogP contribution in [0.5, 0.6) is 0 Å². The van der Waals surface area contributed by atoms with Crippen LogP contribution >= 0.6 is 0 Å². The number of aromatic amines is 1. The molecular formula is C9H5N3O. The van der Waals surface area contributed by atoms with E-state index in [1.54, 1.807) is 18.5 Å². The maximum atomic E-state index is 9.98. The van der Waals surface area contributed by atoms with Crippen molar-refractivity contribution in [2.24, 2.45) is 0 Å². The molecule has 0 aromatic carbocycles. The van der Waals surface area contributed by atoms with Crippen molar-refractivity contribution in [3.63, 3.8) is 0 Å². The Bertz CT molecular complexity index is 504. The molecule has 13 heavy (non-hydrogen) atoms. The average molecular weight is 171 g/mol. The molecule has 0 radical (unpaired) electrons. The highest BCUT2D eigenvalue weighted by Crippen LogP contribution is 2.07. The fraction of sp³-hybridized carbons (Fsp3) is 0. The van der Waals surface area contributed by atoms with Crippen LogP contribution in [0.1, 0.15) is 5.56 Å². The molecule has 0 amide bonds. The number of fused-ring (bicyclic) bond motifs is 1. The zero-order valence-corrected chi connectivity index (χ0v) is 6.61. The van der Waals surface area contributed by atoms with Crippen LogP contribution in [0.3, 0.4) is 0 Å². The maximum absolute atomic E-state index is 9.98. The molecule has 62 valence electrons. The number of carbonyl (C=O) groups is 1. The molecule has 2 heterocycles. The summed E-state index contributed by atoms with van der Waals surface area (Å²) in [5.41, 5.74) is 2.30. The van der Waals surface area contributed by atoms with Gasteiger partial charge in [-0.05, 0) is 12.0 Å². The van der Waals surface area contributed by atoms with Gasteiger partial charge in [-0.1, -0.05) is 5.92 Å². The molecule has 1 N–H and O–H groups in total. The first-order valence-corrected chi connectivity index (χ1v) is 3.64. The second kappa shape index (κ2) is 3.07. The second-order valence-corrected chi connectivity index (χ2v) is 2.41. The van der Waals surface area contributed by atoms with Crippen LogP contribution in [0, 0.1) is 11.8 Å². The van der Waals surface area contributed by atoms with E-state index in [2.05, 4.69) is 27.0 Å². The van der Waals surface area contributed by atoms with Gasteiger partial charge in [0.25, 0.3) is 0 Å². The summed E-state index contributed by atoms with van der Waals surface area (Å²) in [4.78, 5) is 14.1. The van der Waals surface area contributed by atoms with Crippen molar-refractivity contribution in [3.8, 4) is 11.8 Å². The van der Waals surface area contributed by atoms with E-state index in [1.807, 2.05) is 0 Å². The Kier molecular flexibility index (Phi) is 1.77. The van der Waals surface area contributed by atoms with E-state index < -0.39 is 0 Å². The Morgan fingerprint density at radius 2 is 2.38 bits per heavy atom. The number of nitrogens with one attached hydrogen (secondary N) is 1. The summed E-state index contributed by atoms with van der Waals surface area (Å²) in [5, 5.41) is 6.59. The first-order chi connectivity index (χ1) is 6.40. The molecule has 2 aromatic rings. The van der Waals surface area contributed by atoms with Crippen molar-refractivity contribution in [2.45, 2.75) is 0 Å². The maximum Gasteiger partial charge on any atom is 0.193 e. The van der Waals surface area contributed by atoms with Gasteiger partial charge in [0, 0.05) is 11.8 Å². The Morgan fingerprint density at radius 1 is 1.46 bits per heavy atom. The SMILES string of the molecule is O=CC#Cc1cnc2cn[nH]c2c1. The van der Waals surface area contributed by atoms with Gasteiger partial charge < -0.3 is 0 Å². The lowest BCUT2D eigenvalue weighted by Crippen LogP contribution is -1.79. The van der Waals surface area contributed by atoms with Crippen molar-refractivity contribution in [2.75, 3.05) is 0 Å². The summed E-state index contributed by atoms with van der Waals surface area (Å²) in [7, 11) is 0. The standard InChI is InChI=1S/C9H5N3O/c13-3-1-2-7-4-8-9(10-5-7)6-11-12-8/h3-6H,(H,11,12). The highest BCUT2D eigenvalue weighted by atomic mass is 16.1. The molecule has 0 aliphatic carbocycles. The van der Waals surface area contributed by atoms with Crippen LogP contribution in [-0.2, 0) is 4.79 Å². The van der Waals surface area contributed by atoms with Crippen molar-refractivity contribution in [3.05, 3.63) is 24.0 Å². The molecule has 4 nitrogen and oxygen atoms in total. The zero-order chi connectivity index (χ0) is 9.10. The minimum absolute atomic E-state index is 0.553. The third-order valence-corrected chi connectivity index (χ3v) is 1.57. The molecule has 0 fully saturated rings. The molecule has 0 unspecified atom stereocenters. The number of hydrogen-bond acceptors (Lipinski definition) is 3. The van der Waals surface area contributed by atoms with Gasteiger partial charge in [-0.3, -0.25) is 14.9 Å². The number of aromatic nitrogens is 3. The van der Waals surface area contributed by atoms with Crippen LogP contribution in [0.4, 0.5) is 0 Å². The highest BCUT2D eigenvalue weighted by molar-refractivity contribution is 5.77. The minimum atomic E-state index is 0.553. The first kappa shape index (κ1) is 7.50. The number of pyridine rings is 1. The molecule has 0 saturated heterocycles. The monoisotopic (exact) mass is 171 g/mol. The number of H-pyrrole nitrogens is 1. The summed E-state index contributed by atoms with van der Waals surface area (Å²) < 4.78 is 0. The molecule has 2 aromatic heterocycles. The molecule has 0 spiro atoms. The third kappa shape index (κ3) is 1.40. The summed E-state index contributed by atoms with van der Waals surface area (Å²) >= 11 is 0. The fourth-order valence-corrected chi connectivity index (χ4v) is 1.01. The number of rotatable bonds is 0. The molecule has 2 rings (SSSR count). The van der Waals surface area contributed by atoms with E-state index in [-0.39, 0.29) is 0 Å². The third-order valence-electron chi connectivity index (χ3n) is 1.57. The number of hydrogen-bond donors (Lipinski definition) is 1. The highest BCUT2D eigenvalue weighted by Gasteiger charge is 1.95. The van der Waals surface area contributed by atoms with Crippen molar-refractivity contribution >= 4 is 17.3 Å². The molecule has 0 aliphatic rings. The topological polar surface area (TPSA) is 58.6 Å². The largest absolute Gasteiger partial charge is 0.289 e. The molecule has 0 aliphatic heterocycles. The quantitative estimate of drug-likeness (QED) is 0.464. The Morgan fingerprint density at radius 3 is 3.23 bits per heavy atom. The predicted octanol–water partition coefficient (Wildman–Crippen LogP) is 0.508. The first-order valence-electron chi connectivity index (χ1n) is 3.64. The summed E-state index contributed by atoms with van der Waals surface area (Å²) in [6, 6.07) is 1.80. The molecule has 4 heteroatoms. The number of aldehydes is 1. The minimum Gasteiger partial charge on any atom is -0.289 e. The van der Waals surface area contributed by atoms with Crippen LogP contribution in [-0.4, -0.2) is 21.5 Å². The number of carbonyl (C=O) groups excluding carboxylic acids is 1. The average Bonchev–Trinajstić information content (AvgIpc) is 2.61. The van der Waals surface area contributed by atoms with E-state index in [9.17, 15) is 4.79 Å². The normalized spacial score (nSPS) is 9.23. The lowest BCUT2D eigenvalue weighted by molar-refractivity contribution is -0.103. The lowest BCUT2D eigenvalue weighted by Gasteiger charge is -1.88. The van der Waals surface area contributed by atoms with Crippen molar-refractivity contribution < 1.29 is 4.79 Å². The summed E-state index contributed by atoms with van der Waals surface area (Å²) in [6.07, 6.45) is 3.79. The fourth-order valence-electron chi connectivity index (χ4n) is 1.01. The van der Waals surface area contributed by atoms with Gasteiger partial charge in [0.05, 0.1) is 11.7 Å². The van der Waals surface area contributed by atoms with Crippen LogP contribution in [0.25, 0.3) is 11.0 Å². The van der Waals surface area contributed by atoms with Crippen LogP contribution in [0.2, 0.25) is 0 Å². The lowest BCUT2D eigenvalue weighted by atomic mass is 10.2. The van der Waals surface area contributed by atoms with E-state index in [0.717, 1.165) is 11.0 Å². The van der Waals surface area contributed by atoms with Crippen molar-refractivity contribution in [1.29, 1.82) is 0 Å². The molecular weight excluding hydrogens is 166 g/mol. The van der Waals surface area contributed by atoms with Crippen molar-refractivity contribution in [1.82, 2.24) is 15.2 Å². The smallest absolute Gasteiger partial charge is 0.193 e. The van der Waals surface area contributed by atoms with Gasteiger partial charge >= 0.3 is 0 Å². The summed E-state index contributed by atoms with van der Waals surface area (Å²) in [5.74, 6) is 4.96. The molecule has 0 atom stereocenters. The van der Waals surface area contributed by atoms with E-state index in [1.165, 1.54) is 0 Å². The predicted molar refractivity (Wildman–Crippen MR) is 46.8 cm³/mol. The van der Waals surface area contributed by atoms with Crippen LogP contribution in [0.15, 0.2) is 18.5 Å². The van der Waals surface area contributed by atoms with E-state index in [0.29, 0.717) is 11.8 Å². The van der Waals surface area contributed by atoms with Gasteiger partial charge in [-0.2, -0.15) is 5.10 Å². The Balaban J connectivity index is 2.54. The Hall–Kier alpha value is -2.15. The van der Waals surface area contributed by atoms with Gasteiger partial charge in [0.15, 0.2) is 6.29 Å². The second-order valence-electron chi connectivity index (χ2n) is 2.41. The number of nitrogens with zero attached hydrogens (tertiary/aromatic N) is 2. The molecule has 0 saturated carbocycles. The van der Waals surface area contributed by atoms with Gasteiger partial charge in [0.2, 0.25) is 0 Å². The Labute approximate surface area is 74.0 Å². The zero-order valence-electron chi connectivity index (χ0n) is 6.61.